The van der Waals surface area contributed by atoms with E-state index in [2.05, 4.69) is 15.3 Å². The number of aryl methyl sites for hydroxylation is 2. The molecular weight excluding hydrogens is 408 g/mol. The van der Waals surface area contributed by atoms with Gasteiger partial charge in [-0.3, -0.25) is 4.79 Å². The van der Waals surface area contributed by atoms with Crippen LogP contribution in [0.1, 0.15) is 27.3 Å². The van der Waals surface area contributed by atoms with Crippen LogP contribution in [0.5, 0.6) is 17.2 Å². The number of aromatic nitrogens is 2. The summed E-state index contributed by atoms with van der Waals surface area (Å²) in [6.07, 6.45) is 0. The van der Waals surface area contributed by atoms with Crippen LogP contribution in [-0.4, -0.2) is 49.2 Å². The molecule has 32 heavy (non-hydrogen) atoms. The Morgan fingerprint density at radius 3 is 2.12 bits per heavy atom. The fraction of sp³-hybridized carbons (Fsp3) is 0.292. The molecule has 1 N–H and O–H groups in total. The SMILES string of the molecule is COc1cc(CN(C)C(=O)c2cccc(Nc3nc(C)cc(C)n3)c2)cc(OC)c1OC. The highest BCUT2D eigenvalue weighted by atomic mass is 16.5. The molecule has 1 heterocycles. The molecule has 0 saturated carbocycles. The smallest absolute Gasteiger partial charge is 0.253 e. The number of amides is 1. The summed E-state index contributed by atoms with van der Waals surface area (Å²) in [6, 6.07) is 12.8. The van der Waals surface area contributed by atoms with E-state index in [1.807, 2.05) is 44.2 Å². The maximum Gasteiger partial charge on any atom is 0.253 e. The second-order valence-electron chi connectivity index (χ2n) is 7.37. The summed E-state index contributed by atoms with van der Waals surface area (Å²) in [7, 11) is 6.43. The highest BCUT2D eigenvalue weighted by Gasteiger charge is 2.17. The van der Waals surface area contributed by atoms with Gasteiger partial charge in [-0.1, -0.05) is 6.07 Å². The third-order valence-corrected chi connectivity index (χ3v) is 4.84. The fourth-order valence-electron chi connectivity index (χ4n) is 3.43. The summed E-state index contributed by atoms with van der Waals surface area (Å²) in [5.74, 6) is 1.98. The molecule has 8 heteroatoms. The first-order valence-electron chi connectivity index (χ1n) is 10.1. The number of benzene rings is 2. The van der Waals surface area contributed by atoms with Crippen molar-refractivity contribution in [1.82, 2.24) is 14.9 Å². The number of nitrogens with one attached hydrogen (secondary N) is 1. The average Bonchev–Trinajstić information content (AvgIpc) is 2.77. The van der Waals surface area contributed by atoms with Crippen LogP contribution in [0.15, 0.2) is 42.5 Å². The van der Waals surface area contributed by atoms with Crippen LogP contribution < -0.4 is 19.5 Å². The fourth-order valence-corrected chi connectivity index (χ4v) is 3.43. The van der Waals surface area contributed by atoms with E-state index in [4.69, 9.17) is 14.2 Å². The van der Waals surface area contributed by atoms with E-state index >= 15 is 0 Å². The van der Waals surface area contributed by atoms with Gasteiger partial charge in [-0.2, -0.15) is 0 Å². The first-order valence-corrected chi connectivity index (χ1v) is 10.1. The highest BCUT2D eigenvalue weighted by Crippen LogP contribution is 2.38. The Morgan fingerprint density at radius 2 is 1.56 bits per heavy atom. The van der Waals surface area contributed by atoms with Gasteiger partial charge in [-0.15, -0.1) is 0 Å². The quantitative estimate of drug-likeness (QED) is 0.568. The molecule has 0 fully saturated rings. The number of anilines is 2. The first-order chi connectivity index (χ1) is 15.3. The third-order valence-electron chi connectivity index (χ3n) is 4.84. The van der Waals surface area contributed by atoms with E-state index in [0.29, 0.717) is 35.3 Å². The van der Waals surface area contributed by atoms with E-state index in [1.165, 1.54) is 0 Å². The van der Waals surface area contributed by atoms with Gasteiger partial charge in [0, 0.05) is 36.2 Å². The van der Waals surface area contributed by atoms with Crippen molar-refractivity contribution in [3.8, 4) is 17.2 Å². The van der Waals surface area contributed by atoms with Crippen molar-refractivity contribution in [3.05, 3.63) is 65.0 Å². The van der Waals surface area contributed by atoms with Crippen molar-refractivity contribution in [2.24, 2.45) is 0 Å². The van der Waals surface area contributed by atoms with E-state index in [-0.39, 0.29) is 5.91 Å². The normalized spacial score (nSPS) is 10.4. The lowest BCUT2D eigenvalue weighted by molar-refractivity contribution is 0.0785. The topological polar surface area (TPSA) is 85.8 Å². The molecule has 1 aromatic heterocycles. The Labute approximate surface area is 188 Å². The number of hydrogen-bond acceptors (Lipinski definition) is 7. The monoisotopic (exact) mass is 436 g/mol. The molecule has 0 aliphatic rings. The van der Waals surface area contributed by atoms with Crippen molar-refractivity contribution in [2.45, 2.75) is 20.4 Å². The van der Waals surface area contributed by atoms with Crippen molar-refractivity contribution >= 4 is 17.5 Å². The molecule has 0 aliphatic heterocycles. The van der Waals surface area contributed by atoms with Gasteiger partial charge in [0.15, 0.2) is 11.5 Å². The van der Waals surface area contributed by atoms with Crippen LogP contribution in [0.4, 0.5) is 11.6 Å². The Hall–Kier alpha value is -3.81. The minimum atomic E-state index is -0.122. The van der Waals surface area contributed by atoms with Crippen molar-refractivity contribution in [1.29, 1.82) is 0 Å². The Morgan fingerprint density at radius 1 is 0.938 bits per heavy atom. The summed E-state index contributed by atoms with van der Waals surface area (Å²) in [5, 5.41) is 3.17. The number of carbonyl (C=O) groups is 1. The Bertz CT molecular complexity index is 1070. The molecule has 0 radical (unpaired) electrons. The molecule has 0 saturated heterocycles. The predicted octanol–water partition coefficient (Wildman–Crippen LogP) is 4.14. The lowest BCUT2D eigenvalue weighted by atomic mass is 10.1. The summed E-state index contributed by atoms with van der Waals surface area (Å²) < 4.78 is 16.2. The average molecular weight is 437 g/mol. The molecular formula is C24H28N4O4. The van der Waals surface area contributed by atoms with Gasteiger partial charge < -0.3 is 24.4 Å². The van der Waals surface area contributed by atoms with Gasteiger partial charge in [-0.05, 0) is 55.8 Å². The Balaban J connectivity index is 1.78. The van der Waals surface area contributed by atoms with Crippen molar-refractivity contribution in [2.75, 3.05) is 33.7 Å². The van der Waals surface area contributed by atoms with Gasteiger partial charge in [0.05, 0.1) is 21.3 Å². The van der Waals surface area contributed by atoms with Crippen LogP contribution >= 0.6 is 0 Å². The highest BCUT2D eigenvalue weighted by molar-refractivity contribution is 5.95. The number of nitrogens with zero attached hydrogens (tertiary/aromatic N) is 3. The summed E-state index contributed by atoms with van der Waals surface area (Å²) >= 11 is 0. The number of rotatable bonds is 8. The van der Waals surface area contributed by atoms with Crippen LogP contribution in [0.25, 0.3) is 0 Å². The van der Waals surface area contributed by atoms with Gasteiger partial charge in [0.2, 0.25) is 11.7 Å². The molecule has 0 spiro atoms. The summed E-state index contributed by atoms with van der Waals surface area (Å²) in [4.78, 5) is 23.5. The molecule has 0 aliphatic carbocycles. The zero-order valence-corrected chi connectivity index (χ0v) is 19.2. The molecule has 0 atom stereocenters. The van der Waals surface area contributed by atoms with E-state index < -0.39 is 0 Å². The van der Waals surface area contributed by atoms with Crippen LogP contribution in [0.2, 0.25) is 0 Å². The Kier molecular flexibility index (Phi) is 7.14. The number of methoxy groups -OCH3 is 3. The van der Waals surface area contributed by atoms with Crippen LogP contribution in [0, 0.1) is 13.8 Å². The van der Waals surface area contributed by atoms with Gasteiger partial charge in [0.25, 0.3) is 5.91 Å². The molecule has 3 rings (SSSR count). The maximum atomic E-state index is 13.1. The zero-order valence-electron chi connectivity index (χ0n) is 19.2. The maximum absolute atomic E-state index is 13.1. The number of carbonyl (C=O) groups excluding carboxylic acids is 1. The van der Waals surface area contributed by atoms with Crippen LogP contribution in [-0.2, 0) is 6.54 Å². The van der Waals surface area contributed by atoms with Gasteiger partial charge in [0.1, 0.15) is 0 Å². The largest absolute Gasteiger partial charge is 0.493 e. The third kappa shape index (κ3) is 5.26. The molecule has 168 valence electrons. The lowest BCUT2D eigenvalue weighted by Gasteiger charge is -2.20. The standard InChI is InChI=1S/C24H28N4O4/c1-15-10-16(2)26-24(25-15)27-19-9-7-8-18(13-19)23(29)28(3)14-17-11-20(30-4)22(32-6)21(12-17)31-5/h7-13H,14H2,1-6H3,(H,25,26,27). The van der Waals surface area contributed by atoms with E-state index in [1.54, 1.807) is 45.4 Å². The molecule has 2 aromatic carbocycles. The summed E-state index contributed by atoms with van der Waals surface area (Å²) in [6.45, 7) is 4.20. The second kappa shape index (κ2) is 10.00. The minimum absolute atomic E-state index is 0.122. The van der Waals surface area contributed by atoms with Gasteiger partial charge in [-0.25, -0.2) is 9.97 Å². The zero-order chi connectivity index (χ0) is 23.3. The van der Waals surface area contributed by atoms with E-state index in [0.717, 1.165) is 22.6 Å². The molecule has 0 unspecified atom stereocenters. The van der Waals surface area contributed by atoms with E-state index in [9.17, 15) is 4.79 Å². The number of hydrogen-bond donors (Lipinski definition) is 1. The molecule has 1 amide bonds. The van der Waals surface area contributed by atoms with Crippen LogP contribution in [0.3, 0.4) is 0 Å². The molecule has 8 nitrogen and oxygen atoms in total. The number of ether oxygens (including phenoxy) is 3. The minimum Gasteiger partial charge on any atom is -0.493 e. The van der Waals surface area contributed by atoms with Crippen molar-refractivity contribution in [3.63, 3.8) is 0 Å². The second-order valence-corrected chi connectivity index (χ2v) is 7.37. The first kappa shape index (κ1) is 22.9. The molecule has 0 bridgehead atoms. The van der Waals surface area contributed by atoms with Crippen molar-refractivity contribution < 1.29 is 19.0 Å². The summed E-state index contributed by atoms with van der Waals surface area (Å²) in [5.41, 5.74) is 3.89. The van der Waals surface area contributed by atoms with Gasteiger partial charge >= 0.3 is 0 Å². The lowest BCUT2D eigenvalue weighted by Crippen LogP contribution is -2.26. The molecule has 3 aromatic rings. The predicted molar refractivity (Wildman–Crippen MR) is 123 cm³/mol.